The molecule has 7 heteroatoms. The Morgan fingerprint density at radius 2 is 1.92 bits per heavy atom. The maximum absolute atomic E-state index is 11.5. The maximum atomic E-state index is 11.5. The number of ether oxygens (including phenoxy) is 1. The second kappa shape index (κ2) is 7.05. The Morgan fingerprint density at radius 1 is 1.12 bits per heavy atom. The third-order valence-electron chi connectivity index (χ3n) is 3.87. The van der Waals surface area contributed by atoms with Gasteiger partial charge in [-0.2, -0.15) is 5.10 Å². The molecular formula is C19H15N3O3S. The van der Waals surface area contributed by atoms with E-state index in [1.54, 1.807) is 6.08 Å². The van der Waals surface area contributed by atoms with Crippen molar-refractivity contribution in [1.82, 2.24) is 15.1 Å². The zero-order valence-electron chi connectivity index (χ0n) is 13.7. The van der Waals surface area contributed by atoms with Gasteiger partial charge in [-0.25, -0.2) is 0 Å². The zero-order chi connectivity index (χ0) is 17.9. The normalized spacial score (nSPS) is 15.6. The molecule has 0 aliphatic carbocycles. The monoisotopic (exact) mass is 365 g/mol. The van der Waals surface area contributed by atoms with Crippen molar-refractivity contribution in [3.05, 3.63) is 65.2 Å². The number of fused-ring (bicyclic) bond motifs is 1. The molecule has 0 saturated carbocycles. The van der Waals surface area contributed by atoms with Crippen LogP contribution in [0.2, 0.25) is 0 Å². The van der Waals surface area contributed by atoms with E-state index in [2.05, 4.69) is 10.4 Å². The minimum absolute atomic E-state index is 0.340. The van der Waals surface area contributed by atoms with Crippen molar-refractivity contribution in [2.75, 3.05) is 6.61 Å². The number of carbonyl (C=O) groups is 2. The molecule has 1 fully saturated rings. The summed E-state index contributed by atoms with van der Waals surface area (Å²) in [5.74, 6) is 0.385. The molecule has 1 saturated heterocycles. The van der Waals surface area contributed by atoms with Gasteiger partial charge in [0.05, 0.1) is 17.0 Å². The van der Waals surface area contributed by atoms with Crippen molar-refractivity contribution in [1.29, 1.82) is 0 Å². The third-order valence-corrected chi connectivity index (χ3v) is 4.68. The first-order chi connectivity index (χ1) is 12.7. The van der Waals surface area contributed by atoms with Crippen LogP contribution < -0.4 is 10.1 Å². The van der Waals surface area contributed by atoms with Gasteiger partial charge in [-0.1, -0.05) is 30.3 Å². The summed E-state index contributed by atoms with van der Waals surface area (Å²) in [5, 5.41) is 7.49. The van der Waals surface area contributed by atoms with E-state index in [-0.39, 0.29) is 11.1 Å². The number of amides is 2. The Morgan fingerprint density at radius 3 is 2.65 bits per heavy atom. The average molecular weight is 365 g/mol. The van der Waals surface area contributed by atoms with Crippen molar-refractivity contribution < 1.29 is 14.3 Å². The van der Waals surface area contributed by atoms with Gasteiger partial charge in [-0.3, -0.25) is 19.6 Å². The molecule has 1 N–H and O–H groups in total. The molecule has 1 aliphatic rings. The van der Waals surface area contributed by atoms with Crippen LogP contribution in [0.4, 0.5) is 4.79 Å². The lowest BCUT2D eigenvalue weighted by atomic mass is 10.2. The molecule has 1 aliphatic heterocycles. The number of aromatic nitrogens is 2. The molecule has 2 heterocycles. The first-order valence-corrected chi connectivity index (χ1v) is 8.89. The highest BCUT2D eigenvalue weighted by Gasteiger charge is 2.24. The van der Waals surface area contributed by atoms with Crippen LogP contribution in [0, 0.1) is 0 Å². The fourth-order valence-electron chi connectivity index (χ4n) is 2.62. The summed E-state index contributed by atoms with van der Waals surface area (Å²) in [5.41, 5.74) is 1.81. The number of benzene rings is 2. The molecule has 4 rings (SSSR count). The van der Waals surface area contributed by atoms with Gasteiger partial charge in [-0.15, -0.1) is 0 Å². The van der Waals surface area contributed by atoms with Crippen LogP contribution in [-0.2, 0) is 11.3 Å². The molecule has 0 radical (unpaired) electrons. The number of hydrogen-bond donors (Lipinski definition) is 1. The molecule has 6 nitrogen and oxygen atoms in total. The fraction of sp³-hybridized carbons (Fsp3) is 0.105. The van der Waals surface area contributed by atoms with Crippen molar-refractivity contribution >= 4 is 39.9 Å². The van der Waals surface area contributed by atoms with Crippen LogP contribution in [0.25, 0.3) is 17.0 Å². The Balaban J connectivity index is 1.35. The summed E-state index contributed by atoms with van der Waals surface area (Å²) in [6.45, 7) is 1.15. The van der Waals surface area contributed by atoms with Crippen molar-refractivity contribution in [3.63, 3.8) is 0 Å². The predicted molar refractivity (Wildman–Crippen MR) is 101 cm³/mol. The van der Waals surface area contributed by atoms with Gasteiger partial charge < -0.3 is 4.74 Å². The molecule has 0 spiro atoms. The van der Waals surface area contributed by atoms with Gasteiger partial charge in [0.15, 0.2) is 0 Å². The molecule has 2 amide bonds. The van der Waals surface area contributed by atoms with E-state index in [1.807, 2.05) is 59.4 Å². The van der Waals surface area contributed by atoms with E-state index in [0.29, 0.717) is 18.1 Å². The highest BCUT2D eigenvalue weighted by Crippen LogP contribution is 2.26. The lowest BCUT2D eigenvalue weighted by Gasteiger charge is -2.06. The summed E-state index contributed by atoms with van der Waals surface area (Å²) < 4.78 is 7.62. The second-order valence-electron chi connectivity index (χ2n) is 5.72. The van der Waals surface area contributed by atoms with E-state index < -0.39 is 0 Å². The van der Waals surface area contributed by atoms with Crippen LogP contribution >= 0.6 is 11.8 Å². The highest BCUT2D eigenvalue weighted by molar-refractivity contribution is 8.18. The standard InChI is InChI=1S/C19H15N3O3S/c23-18-17(26-19(24)20-18)11-13-5-7-15(8-6-13)25-10-9-22-12-14-3-1-2-4-16(14)21-22/h1-8,11-12H,9-10H2,(H,20,23,24). The molecule has 3 aromatic rings. The van der Waals surface area contributed by atoms with Crippen LogP contribution in [0.15, 0.2) is 59.6 Å². The summed E-state index contributed by atoms with van der Waals surface area (Å²) in [4.78, 5) is 23.1. The van der Waals surface area contributed by atoms with Crippen LogP contribution in [0.5, 0.6) is 5.75 Å². The Hall–Kier alpha value is -3.06. The van der Waals surface area contributed by atoms with E-state index in [1.165, 1.54) is 0 Å². The molecule has 0 unspecified atom stereocenters. The molecule has 0 bridgehead atoms. The van der Waals surface area contributed by atoms with Gasteiger partial charge in [-0.05, 0) is 41.6 Å². The number of nitrogens with one attached hydrogen (secondary N) is 1. The van der Waals surface area contributed by atoms with Crippen molar-refractivity contribution in [2.45, 2.75) is 6.54 Å². The Labute approximate surface area is 153 Å². The quantitative estimate of drug-likeness (QED) is 0.701. The van der Waals surface area contributed by atoms with E-state index in [9.17, 15) is 9.59 Å². The minimum Gasteiger partial charge on any atom is -0.492 e. The number of carbonyl (C=O) groups excluding carboxylic acids is 2. The maximum Gasteiger partial charge on any atom is 0.290 e. The van der Waals surface area contributed by atoms with Crippen molar-refractivity contribution in [3.8, 4) is 5.75 Å². The molecule has 2 aromatic carbocycles. The van der Waals surface area contributed by atoms with Gasteiger partial charge in [0, 0.05) is 11.6 Å². The van der Waals surface area contributed by atoms with Crippen LogP contribution in [0.3, 0.4) is 0 Å². The predicted octanol–water partition coefficient (Wildman–Crippen LogP) is 3.44. The SMILES string of the molecule is O=C1NC(=O)C(=Cc2ccc(OCCn3cc4ccccc4n3)cc2)S1. The summed E-state index contributed by atoms with van der Waals surface area (Å²) in [6, 6.07) is 15.3. The Kier molecular flexibility index (Phi) is 4.45. The lowest BCUT2D eigenvalue weighted by molar-refractivity contribution is -0.115. The topological polar surface area (TPSA) is 73.2 Å². The molecule has 1 aromatic heterocycles. The van der Waals surface area contributed by atoms with Crippen molar-refractivity contribution in [2.24, 2.45) is 0 Å². The molecular weight excluding hydrogens is 350 g/mol. The third kappa shape index (κ3) is 3.62. The van der Waals surface area contributed by atoms with Gasteiger partial charge in [0.2, 0.25) is 0 Å². The number of rotatable bonds is 5. The lowest BCUT2D eigenvalue weighted by Crippen LogP contribution is -2.17. The smallest absolute Gasteiger partial charge is 0.290 e. The van der Waals surface area contributed by atoms with Gasteiger partial charge in [0.25, 0.3) is 11.1 Å². The molecule has 0 atom stereocenters. The van der Waals surface area contributed by atoms with Gasteiger partial charge in [0.1, 0.15) is 12.4 Å². The number of thioether (sulfide) groups is 1. The second-order valence-corrected chi connectivity index (χ2v) is 6.74. The average Bonchev–Trinajstić information content (AvgIpc) is 3.18. The van der Waals surface area contributed by atoms with E-state index in [4.69, 9.17) is 4.74 Å². The number of imide groups is 1. The number of nitrogens with zero attached hydrogens (tertiary/aromatic N) is 2. The Bertz CT molecular complexity index is 975. The first kappa shape index (κ1) is 16.4. The van der Waals surface area contributed by atoms with Crippen LogP contribution in [0.1, 0.15) is 5.56 Å². The minimum atomic E-state index is -0.355. The first-order valence-electron chi connectivity index (χ1n) is 8.07. The fourth-order valence-corrected chi connectivity index (χ4v) is 3.30. The zero-order valence-corrected chi connectivity index (χ0v) is 14.5. The number of hydrogen-bond acceptors (Lipinski definition) is 5. The summed E-state index contributed by atoms with van der Waals surface area (Å²) in [7, 11) is 0. The van der Waals surface area contributed by atoms with E-state index in [0.717, 1.165) is 34.0 Å². The highest BCUT2D eigenvalue weighted by atomic mass is 32.2. The largest absolute Gasteiger partial charge is 0.492 e. The molecule has 130 valence electrons. The summed E-state index contributed by atoms with van der Waals surface area (Å²) in [6.07, 6.45) is 3.68. The molecule has 26 heavy (non-hydrogen) atoms. The van der Waals surface area contributed by atoms with Gasteiger partial charge >= 0.3 is 0 Å². The van der Waals surface area contributed by atoms with Crippen LogP contribution in [-0.4, -0.2) is 27.5 Å². The summed E-state index contributed by atoms with van der Waals surface area (Å²) >= 11 is 0.906. The van der Waals surface area contributed by atoms with E-state index >= 15 is 0 Å².